The van der Waals surface area contributed by atoms with Crippen molar-refractivity contribution >= 4 is 17.7 Å². The maximum absolute atomic E-state index is 13.2. The number of nitrogens with two attached hydrogens (primary N) is 1. The summed E-state index contributed by atoms with van der Waals surface area (Å²) < 4.78 is 0. The second kappa shape index (κ2) is 9.37. The number of hydrogen-bond donors (Lipinski definition) is 1. The highest BCUT2D eigenvalue weighted by atomic mass is 16.2. The summed E-state index contributed by atoms with van der Waals surface area (Å²) in [6.07, 6.45) is 1.17. The van der Waals surface area contributed by atoms with E-state index < -0.39 is 18.0 Å². The third-order valence-electron chi connectivity index (χ3n) is 5.47. The fourth-order valence-electron chi connectivity index (χ4n) is 3.76. The molecule has 0 aromatic heterocycles. The number of hydrogen-bond acceptors (Lipinski definition) is 3. The lowest BCUT2D eigenvalue weighted by atomic mass is 10.1. The summed E-state index contributed by atoms with van der Waals surface area (Å²) in [5.74, 6) is -1.09. The van der Waals surface area contributed by atoms with Gasteiger partial charge in [-0.05, 0) is 30.9 Å². The van der Waals surface area contributed by atoms with Crippen LogP contribution in [0, 0.1) is 0 Å². The van der Waals surface area contributed by atoms with Gasteiger partial charge in [-0.1, -0.05) is 60.7 Å². The molecule has 0 spiro atoms. The van der Waals surface area contributed by atoms with Crippen LogP contribution in [0.3, 0.4) is 0 Å². The van der Waals surface area contributed by atoms with Gasteiger partial charge >= 0.3 is 0 Å². The fraction of sp³-hybridized carbons (Fsp3) is 0.348. The SMILES string of the molecule is CC1C(=O)N(CCc2ccccc2)C(C(N)=O)CC(=O)N1CCc1ccccc1. The van der Waals surface area contributed by atoms with Crippen molar-refractivity contribution in [2.24, 2.45) is 5.73 Å². The van der Waals surface area contributed by atoms with E-state index in [4.69, 9.17) is 5.73 Å². The number of primary amides is 1. The Bertz CT molecular complexity index is 854. The lowest BCUT2D eigenvalue weighted by Crippen LogP contribution is -2.51. The van der Waals surface area contributed by atoms with E-state index in [1.165, 1.54) is 4.90 Å². The lowest BCUT2D eigenvalue weighted by molar-refractivity contribution is -0.142. The van der Waals surface area contributed by atoms with Gasteiger partial charge in [-0.25, -0.2) is 0 Å². The van der Waals surface area contributed by atoms with Gasteiger partial charge in [0.15, 0.2) is 0 Å². The van der Waals surface area contributed by atoms with Gasteiger partial charge in [0.05, 0.1) is 6.42 Å². The topological polar surface area (TPSA) is 83.7 Å². The van der Waals surface area contributed by atoms with Gasteiger partial charge in [0.2, 0.25) is 17.7 Å². The van der Waals surface area contributed by atoms with Crippen LogP contribution in [0.15, 0.2) is 60.7 Å². The molecule has 2 atom stereocenters. The molecule has 3 amide bonds. The second-order valence-electron chi connectivity index (χ2n) is 7.39. The van der Waals surface area contributed by atoms with Gasteiger partial charge in [-0.2, -0.15) is 0 Å². The molecular weight excluding hydrogens is 366 g/mol. The molecule has 1 aliphatic heterocycles. The number of rotatable bonds is 7. The van der Waals surface area contributed by atoms with Gasteiger partial charge in [0.1, 0.15) is 12.1 Å². The second-order valence-corrected chi connectivity index (χ2v) is 7.39. The molecular formula is C23H27N3O3. The van der Waals surface area contributed by atoms with Gasteiger partial charge in [-0.3, -0.25) is 14.4 Å². The Morgan fingerprint density at radius 3 is 1.86 bits per heavy atom. The highest BCUT2D eigenvalue weighted by Crippen LogP contribution is 2.20. The third-order valence-corrected chi connectivity index (χ3v) is 5.47. The number of carbonyl (C=O) groups excluding carboxylic acids is 3. The largest absolute Gasteiger partial charge is 0.368 e. The van der Waals surface area contributed by atoms with Crippen molar-refractivity contribution in [3.8, 4) is 0 Å². The standard InChI is InChI=1S/C23H27N3O3/c1-17-23(29)26(15-13-19-10-6-3-7-11-19)20(22(24)28)16-21(27)25(17)14-12-18-8-4-2-5-9-18/h2-11,17,20H,12-16H2,1H3,(H2,24,28). The number of amides is 3. The first-order valence-corrected chi connectivity index (χ1v) is 9.94. The van der Waals surface area contributed by atoms with E-state index in [0.29, 0.717) is 25.9 Å². The average molecular weight is 393 g/mol. The van der Waals surface area contributed by atoms with Crippen molar-refractivity contribution in [1.29, 1.82) is 0 Å². The number of carbonyl (C=O) groups is 3. The van der Waals surface area contributed by atoms with Crippen molar-refractivity contribution in [2.45, 2.75) is 38.3 Å². The van der Waals surface area contributed by atoms with E-state index in [1.807, 2.05) is 60.7 Å². The van der Waals surface area contributed by atoms with Crippen molar-refractivity contribution in [2.75, 3.05) is 13.1 Å². The summed E-state index contributed by atoms with van der Waals surface area (Å²) in [5, 5.41) is 0. The maximum atomic E-state index is 13.2. The van der Waals surface area contributed by atoms with Gasteiger partial charge < -0.3 is 15.5 Å². The van der Waals surface area contributed by atoms with Crippen LogP contribution in [0.25, 0.3) is 0 Å². The summed E-state index contributed by atoms with van der Waals surface area (Å²) in [4.78, 5) is 41.2. The van der Waals surface area contributed by atoms with Crippen LogP contribution in [0.5, 0.6) is 0 Å². The molecule has 1 fully saturated rings. The molecule has 152 valence electrons. The van der Waals surface area contributed by atoms with Crippen LogP contribution >= 0.6 is 0 Å². The van der Waals surface area contributed by atoms with E-state index in [0.717, 1.165) is 11.1 Å². The molecule has 2 aromatic carbocycles. The number of nitrogens with zero attached hydrogens (tertiary/aromatic N) is 2. The Hall–Kier alpha value is -3.15. The predicted molar refractivity (Wildman–Crippen MR) is 111 cm³/mol. The third kappa shape index (κ3) is 5.02. The van der Waals surface area contributed by atoms with Crippen LogP contribution < -0.4 is 5.73 Å². The molecule has 2 aromatic rings. The Morgan fingerprint density at radius 2 is 1.38 bits per heavy atom. The zero-order chi connectivity index (χ0) is 20.8. The molecule has 0 saturated carbocycles. The highest BCUT2D eigenvalue weighted by molar-refractivity contribution is 5.96. The van der Waals surface area contributed by atoms with Crippen LogP contribution in [0.4, 0.5) is 0 Å². The molecule has 1 heterocycles. The summed E-state index contributed by atoms with van der Waals surface area (Å²) >= 11 is 0. The molecule has 3 rings (SSSR count). The first kappa shape index (κ1) is 20.6. The normalized spacial score (nSPS) is 19.9. The van der Waals surface area contributed by atoms with Gasteiger partial charge in [0, 0.05) is 13.1 Å². The molecule has 6 heteroatoms. The van der Waals surface area contributed by atoms with Crippen molar-refractivity contribution in [3.63, 3.8) is 0 Å². The summed E-state index contributed by atoms with van der Waals surface area (Å²) in [5.41, 5.74) is 7.73. The van der Waals surface area contributed by atoms with Gasteiger partial charge in [-0.15, -0.1) is 0 Å². The molecule has 29 heavy (non-hydrogen) atoms. The molecule has 0 bridgehead atoms. The molecule has 0 aliphatic carbocycles. The zero-order valence-electron chi connectivity index (χ0n) is 16.7. The molecule has 2 N–H and O–H groups in total. The number of benzene rings is 2. The average Bonchev–Trinajstić information content (AvgIpc) is 2.82. The Kier molecular flexibility index (Phi) is 6.65. The van der Waals surface area contributed by atoms with Crippen LogP contribution in [-0.4, -0.2) is 52.7 Å². The van der Waals surface area contributed by atoms with Gasteiger partial charge in [0.25, 0.3) is 0 Å². The van der Waals surface area contributed by atoms with E-state index in [9.17, 15) is 14.4 Å². The van der Waals surface area contributed by atoms with Crippen molar-refractivity contribution < 1.29 is 14.4 Å². The minimum atomic E-state index is -0.914. The smallest absolute Gasteiger partial charge is 0.245 e. The molecule has 1 aliphatic rings. The molecule has 1 saturated heterocycles. The Balaban J connectivity index is 1.76. The Morgan fingerprint density at radius 1 is 0.897 bits per heavy atom. The minimum Gasteiger partial charge on any atom is -0.368 e. The summed E-state index contributed by atoms with van der Waals surface area (Å²) in [7, 11) is 0. The fourth-order valence-corrected chi connectivity index (χ4v) is 3.76. The zero-order valence-corrected chi connectivity index (χ0v) is 16.7. The molecule has 0 radical (unpaired) electrons. The van der Waals surface area contributed by atoms with Crippen molar-refractivity contribution in [3.05, 3.63) is 71.8 Å². The van der Waals surface area contributed by atoms with E-state index in [2.05, 4.69) is 0 Å². The maximum Gasteiger partial charge on any atom is 0.245 e. The highest BCUT2D eigenvalue weighted by Gasteiger charge is 2.40. The van der Waals surface area contributed by atoms with Crippen LogP contribution in [-0.2, 0) is 27.2 Å². The quantitative estimate of drug-likeness (QED) is 0.778. The predicted octanol–water partition coefficient (Wildman–Crippen LogP) is 1.78. The van der Waals surface area contributed by atoms with E-state index >= 15 is 0 Å². The Labute approximate surface area is 171 Å². The molecule has 6 nitrogen and oxygen atoms in total. The van der Waals surface area contributed by atoms with E-state index in [-0.39, 0.29) is 18.2 Å². The monoisotopic (exact) mass is 393 g/mol. The van der Waals surface area contributed by atoms with Crippen LogP contribution in [0.1, 0.15) is 24.5 Å². The lowest BCUT2D eigenvalue weighted by Gasteiger charge is -2.30. The summed E-state index contributed by atoms with van der Waals surface area (Å²) in [6, 6.07) is 18.0. The van der Waals surface area contributed by atoms with Crippen LogP contribution in [0.2, 0.25) is 0 Å². The minimum absolute atomic E-state index is 0.0744. The first-order valence-electron chi connectivity index (χ1n) is 9.94. The van der Waals surface area contributed by atoms with Crippen molar-refractivity contribution in [1.82, 2.24) is 9.80 Å². The molecule has 2 unspecified atom stereocenters. The summed E-state index contributed by atoms with van der Waals surface area (Å²) in [6.45, 7) is 2.50. The van der Waals surface area contributed by atoms with E-state index in [1.54, 1.807) is 11.8 Å². The first-order chi connectivity index (χ1) is 14.0.